The van der Waals surface area contributed by atoms with Crippen molar-refractivity contribution in [3.63, 3.8) is 0 Å². The smallest absolute Gasteiger partial charge is 0.294 e. The summed E-state index contributed by atoms with van der Waals surface area (Å²) in [5.74, 6) is -0.746. The molecule has 7 heteroatoms. The van der Waals surface area contributed by atoms with Crippen LogP contribution in [0.4, 0.5) is 18.9 Å². The number of nitrogens with zero attached hydrogens (tertiary/aromatic N) is 1. The molecule has 0 saturated heterocycles. The van der Waals surface area contributed by atoms with Gasteiger partial charge in [0.25, 0.3) is 5.69 Å². The standard InChI is InChI=1S/C14H14F3NO3/c15-14(16,17)10-6-7-11(12(8-10)18(20)21)13(19)9-4-2-1-3-5-9/h6-9H,1-5H2. The van der Waals surface area contributed by atoms with Crippen molar-refractivity contribution in [2.75, 3.05) is 0 Å². The Balaban J connectivity index is 2.38. The molecule has 0 spiro atoms. The van der Waals surface area contributed by atoms with Crippen molar-refractivity contribution < 1.29 is 22.9 Å². The second-order valence-corrected chi connectivity index (χ2v) is 5.19. The van der Waals surface area contributed by atoms with E-state index in [4.69, 9.17) is 0 Å². The van der Waals surface area contributed by atoms with Gasteiger partial charge in [-0.1, -0.05) is 19.3 Å². The van der Waals surface area contributed by atoms with E-state index in [0.29, 0.717) is 18.9 Å². The Labute approximate surface area is 119 Å². The maximum atomic E-state index is 12.6. The van der Waals surface area contributed by atoms with E-state index in [9.17, 15) is 28.1 Å². The van der Waals surface area contributed by atoms with Crippen LogP contribution < -0.4 is 0 Å². The number of rotatable bonds is 3. The zero-order valence-corrected chi connectivity index (χ0v) is 11.2. The van der Waals surface area contributed by atoms with Gasteiger partial charge in [0, 0.05) is 12.0 Å². The Bertz CT molecular complexity index is 563. The third-order valence-corrected chi connectivity index (χ3v) is 3.76. The first-order valence-corrected chi connectivity index (χ1v) is 6.70. The summed E-state index contributed by atoms with van der Waals surface area (Å²) in [5.41, 5.74) is -2.10. The molecule has 0 aromatic heterocycles. The largest absolute Gasteiger partial charge is 0.416 e. The lowest BCUT2D eigenvalue weighted by Gasteiger charge is -2.20. The number of alkyl halides is 3. The predicted octanol–water partition coefficient (Wildman–Crippen LogP) is 4.38. The highest BCUT2D eigenvalue weighted by Crippen LogP contribution is 2.35. The van der Waals surface area contributed by atoms with Gasteiger partial charge in [0.2, 0.25) is 0 Å². The Morgan fingerprint density at radius 3 is 2.33 bits per heavy atom. The fourth-order valence-electron chi connectivity index (χ4n) is 2.65. The van der Waals surface area contributed by atoms with Gasteiger partial charge in [-0.3, -0.25) is 14.9 Å². The van der Waals surface area contributed by atoms with Crippen LogP contribution in [0.15, 0.2) is 18.2 Å². The Kier molecular flexibility index (Phi) is 4.29. The predicted molar refractivity (Wildman–Crippen MR) is 69.0 cm³/mol. The molecule has 2 rings (SSSR count). The van der Waals surface area contributed by atoms with Crippen LogP contribution >= 0.6 is 0 Å². The monoisotopic (exact) mass is 301 g/mol. The van der Waals surface area contributed by atoms with E-state index in [1.807, 2.05) is 0 Å². The van der Waals surface area contributed by atoms with Crippen LogP contribution in [0.1, 0.15) is 48.0 Å². The third kappa shape index (κ3) is 3.40. The van der Waals surface area contributed by atoms with Crippen LogP contribution in [-0.2, 0) is 6.18 Å². The minimum absolute atomic E-state index is 0.222. The van der Waals surface area contributed by atoms with Crippen LogP contribution in [0.5, 0.6) is 0 Å². The number of benzene rings is 1. The van der Waals surface area contributed by atoms with Gasteiger partial charge in [0.15, 0.2) is 5.78 Å². The van der Waals surface area contributed by atoms with Crippen molar-refractivity contribution in [3.05, 3.63) is 39.4 Å². The van der Waals surface area contributed by atoms with Gasteiger partial charge < -0.3 is 0 Å². The molecule has 1 saturated carbocycles. The molecule has 4 nitrogen and oxygen atoms in total. The molecule has 114 valence electrons. The Morgan fingerprint density at radius 2 is 1.81 bits per heavy atom. The highest BCUT2D eigenvalue weighted by Gasteiger charge is 2.35. The number of Topliss-reactive ketones (excluding diaryl/α,β-unsaturated/α-hetero) is 1. The maximum absolute atomic E-state index is 12.6. The Hall–Kier alpha value is -1.92. The minimum atomic E-state index is -4.67. The van der Waals surface area contributed by atoms with Crippen LogP contribution in [0.25, 0.3) is 0 Å². The summed E-state index contributed by atoms with van der Waals surface area (Å²) < 4.78 is 37.8. The van der Waals surface area contributed by atoms with Gasteiger partial charge in [-0.2, -0.15) is 13.2 Å². The average Bonchev–Trinajstić information content (AvgIpc) is 2.45. The van der Waals surface area contributed by atoms with Gasteiger partial charge in [-0.05, 0) is 25.0 Å². The van der Waals surface area contributed by atoms with E-state index in [2.05, 4.69) is 0 Å². The van der Waals surface area contributed by atoms with Crippen LogP contribution in [0, 0.1) is 16.0 Å². The SMILES string of the molecule is O=C(c1ccc(C(F)(F)F)cc1[N+](=O)[O-])C1CCCCC1. The maximum Gasteiger partial charge on any atom is 0.416 e. The minimum Gasteiger partial charge on any atom is -0.294 e. The Morgan fingerprint density at radius 1 is 1.19 bits per heavy atom. The van der Waals surface area contributed by atoms with Crippen molar-refractivity contribution in [1.82, 2.24) is 0 Å². The summed E-state index contributed by atoms with van der Waals surface area (Å²) in [7, 11) is 0. The van der Waals surface area contributed by atoms with E-state index in [-0.39, 0.29) is 11.5 Å². The van der Waals surface area contributed by atoms with Gasteiger partial charge in [-0.25, -0.2) is 0 Å². The number of hydrogen-bond donors (Lipinski definition) is 0. The first-order chi connectivity index (χ1) is 9.80. The molecule has 1 aliphatic rings. The summed E-state index contributed by atoms with van der Waals surface area (Å²) in [4.78, 5) is 22.3. The molecular weight excluding hydrogens is 287 g/mol. The number of hydrogen-bond acceptors (Lipinski definition) is 3. The zero-order chi connectivity index (χ0) is 15.6. The van der Waals surface area contributed by atoms with Crippen molar-refractivity contribution in [3.8, 4) is 0 Å². The summed E-state index contributed by atoms with van der Waals surface area (Å²) in [5, 5.41) is 11.0. The molecule has 0 N–H and O–H groups in total. The highest BCUT2D eigenvalue weighted by molar-refractivity contribution is 6.01. The van der Waals surface area contributed by atoms with Gasteiger partial charge in [0.1, 0.15) is 0 Å². The zero-order valence-electron chi connectivity index (χ0n) is 11.2. The third-order valence-electron chi connectivity index (χ3n) is 3.76. The van der Waals surface area contributed by atoms with E-state index in [1.165, 1.54) is 0 Å². The lowest BCUT2D eigenvalue weighted by molar-refractivity contribution is -0.385. The molecule has 0 aliphatic heterocycles. The topological polar surface area (TPSA) is 60.2 Å². The fraction of sp³-hybridized carbons (Fsp3) is 0.500. The normalized spacial score (nSPS) is 16.7. The van der Waals surface area contributed by atoms with Crippen LogP contribution in [0.3, 0.4) is 0 Å². The molecule has 0 heterocycles. The number of carbonyl (C=O) groups is 1. The number of ketones is 1. The second-order valence-electron chi connectivity index (χ2n) is 5.19. The number of halogens is 3. The van der Waals surface area contributed by atoms with Crippen molar-refractivity contribution in [2.24, 2.45) is 5.92 Å². The highest BCUT2D eigenvalue weighted by atomic mass is 19.4. The lowest BCUT2D eigenvalue weighted by Crippen LogP contribution is -2.19. The first-order valence-electron chi connectivity index (χ1n) is 6.70. The van der Waals surface area contributed by atoms with E-state index < -0.39 is 28.1 Å². The van der Waals surface area contributed by atoms with E-state index in [0.717, 1.165) is 31.4 Å². The molecule has 1 fully saturated rings. The summed E-state index contributed by atoms with van der Waals surface area (Å²) in [6, 6.07) is 2.09. The van der Waals surface area contributed by atoms with Gasteiger partial charge in [-0.15, -0.1) is 0 Å². The van der Waals surface area contributed by atoms with Crippen LogP contribution in [0.2, 0.25) is 0 Å². The lowest BCUT2D eigenvalue weighted by atomic mass is 9.83. The van der Waals surface area contributed by atoms with Crippen molar-refractivity contribution in [1.29, 1.82) is 0 Å². The van der Waals surface area contributed by atoms with Gasteiger partial charge in [0.05, 0.1) is 16.1 Å². The molecular formula is C14H14F3NO3. The fourth-order valence-corrected chi connectivity index (χ4v) is 2.65. The molecule has 0 amide bonds. The van der Waals surface area contributed by atoms with E-state index in [1.54, 1.807) is 0 Å². The molecule has 0 atom stereocenters. The summed E-state index contributed by atoms with van der Waals surface area (Å²) in [6.45, 7) is 0. The number of nitro benzene ring substituents is 1. The van der Waals surface area contributed by atoms with Gasteiger partial charge >= 0.3 is 6.18 Å². The van der Waals surface area contributed by atoms with Crippen LogP contribution in [-0.4, -0.2) is 10.7 Å². The molecule has 1 aromatic rings. The molecule has 1 aromatic carbocycles. The molecule has 1 aliphatic carbocycles. The van der Waals surface area contributed by atoms with Crippen molar-refractivity contribution >= 4 is 11.5 Å². The molecule has 21 heavy (non-hydrogen) atoms. The average molecular weight is 301 g/mol. The van der Waals surface area contributed by atoms with Crippen molar-refractivity contribution in [2.45, 2.75) is 38.3 Å². The molecule has 0 bridgehead atoms. The quantitative estimate of drug-likeness (QED) is 0.473. The number of carbonyl (C=O) groups excluding carboxylic acids is 1. The molecule has 0 radical (unpaired) electrons. The van der Waals surface area contributed by atoms with E-state index >= 15 is 0 Å². The number of nitro groups is 1. The summed E-state index contributed by atoms with van der Waals surface area (Å²) in [6.07, 6.45) is -0.653. The first kappa shape index (κ1) is 15.5. The summed E-state index contributed by atoms with van der Waals surface area (Å²) >= 11 is 0. The molecule has 0 unspecified atom stereocenters. The second kappa shape index (κ2) is 5.83.